The molecular weight excluding hydrogens is 493 g/mol. The zero-order valence-corrected chi connectivity index (χ0v) is 21.2. The van der Waals surface area contributed by atoms with Crippen molar-refractivity contribution in [1.82, 2.24) is 10.6 Å². The van der Waals surface area contributed by atoms with Crippen LogP contribution in [-0.2, 0) is 16.1 Å². The molecule has 0 radical (unpaired) electrons. The molecule has 0 bridgehead atoms. The molecule has 4 rings (SSSR count). The molecule has 0 aliphatic rings. The van der Waals surface area contributed by atoms with Crippen molar-refractivity contribution in [3.63, 3.8) is 0 Å². The van der Waals surface area contributed by atoms with E-state index in [9.17, 15) is 14.4 Å². The maximum Gasteiger partial charge on any atom is 0.261 e. The average molecular weight is 520 g/mol. The van der Waals surface area contributed by atoms with Crippen LogP contribution in [0.25, 0.3) is 0 Å². The summed E-state index contributed by atoms with van der Waals surface area (Å²) in [6.45, 7) is 3.39. The summed E-state index contributed by atoms with van der Waals surface area (Å²) in [6.07, 6.45) is 1.48. The molecule has 0 aliphatic heterocycles. The van der Waals surface area contributed by atoms with E-state index in [1.54, 1.807) is 41.8 Å². The number of furan rings is 1. The number of thiophene rings is 1. The van der Waals surface area contributed by atoms with Gasteiger partial charge < -0.3 is 15.1 Å². The summed E-state index contributed by atoms with van der Waals surface area (Å²) in [5.74, 6) is -1.70. The van der Waals surface area contributed by atoms with Crippen molar-refractivity contribution >= 4 is 34.7 Å². The van der Waals surface area contributed by atoms with E-state index in [-0.39, 0.29) is 18.7 Å². The van der Waals surface area contributed by atoms with Gasteiger partial charge in [-0.05, 0) is 55.1 Å². The van der Waals surface area contributed by atoms with Gasteiger partial charge in [0.05, 0.1) is 24.2 Å². The van der Waals surface area contributed by atoms with Crippen LogP contribution in [0.4, 0.5) is 10.1 Å². The summed E-state index contributed by atoms with van der Waals surface area (Å²) >= 11 is 1.25. The Morgan fingerprint density at radius 2 is 1.81 bits per heavy atom. The lowest BCUT2D eigenvalue weighted by Gasteiger charge is -2.33. The molecule has 0 saturated carbocycles. The first-order valence-corrected chi connectivity index (χ1v) is 12.5. The predicted octanol–water partition coefficient (Wildman–Crippen LogP) is 4.92. The van der Waals surface area contributed by atoms with E-state index in [0.29, 0.717) is 16.3 Å². The Hall–Kier alpha value is -4.24. The Morgan fingerprint density at radius 3 is 2.49 bits per heavy atom. The first kappa shape index (κ1) is 25.8. The fourth-order valence-corrected chi connectivity index (χ4v) is 4.65. The minimum Gasteiger partial charge on any atom is -0.467 e. The molecule has 2 heterocycles. The van der Waals surface area contributed by atoms with Crippen LogP contribution in [0, 0.1) is 19.7 Å². The van der Waals surface area contributed by atoms with Gasteiger partial charge in [-0.25, -0.2) is 4.39 Å². The second kappa shape index (κ2) is 11.7. The molecule has 0 fully saturated rings. The van der Waals surface area contributed by atoms with Crippen LogP contribution in [-0.4, -0.2) is 24.3 Å². The largest absolute Gasteiger partial charge is 0.467 e. The van der Waals surface area contributed by atoms with Gasteiger partial charge in [-0.2, -0.15) is 0 Å². The van der Waals surface area contributed by atoms with Crippen molar-refractivity contribution in [2.75, 3.05) is 11.4 Å². The zero-order valence-electron chi connectivity index (χ0n) is 20.4. The van der Waals surface area contributed by atoms with Gasteiger partial charge >= 0.3 is 0 Å². The first-order valence-electron chi connectivity index (χ1n) is 11.6. The molecule has 0 aliphatic carbocycles. The molecule has 2 aromatic carbocycles. The Kier molecular flexibility index (Phi) is 8.15. The molecule has 3 amide bonds. The third-order valence-corrected chi connectivity index (χ3v) is 6.62. The Balaban J connectivity index is 1.72. The lowest BCUT2D eigenvalue weighted by Crippen LogP contribution is -2.48. The lowest BCUT2D eigenvalue weighted by molar-refractivity contribution is -0.126. The van der Waals surface area contributed by atoms with E-state index >= 15 is 4.39 Å². The maximum atomic E-state index is 15.1. The van der Waals surface area contributed by atoms with E-state index in [4.69, 9.17) is 4.42 Å². The number of hydrogen-bond acceptors (Lipinski definition) is 5. The molecule has 1 atom stereocenters. The molecule has 0 spiro atoms. The summed E-state index contributed by atoms with van der Waals surface area (Å²) in [5.41, 5.74) is 2.14. The molecule has 190 valence electrons. The number of hydrogen-bond donors (Lipinski definition) is 2. The number of benzene rings is 2. The summed E-state index contributed by atoms with van der Waals surface area (Å²) in [4.78, 5) is 41.5. The Labute approximate surface area is 217 Å². The monoisotopic (exact) mass is 519 g/mol. The van der Waals surface area contributed by atoms with Gasteiger partial charge in [0.2, 0.25) is 11.8 Å². The lowest BCUT2D eigenvalue weighted by atomic mass is 10.0. The number of amides is 3. The fraction of sp³-hybridized carbons (Fsp3) is 0.179. The summed E-state index contributed by atoms with van der Waals surface area (Å²) in [6, 6.07) is 16.7. The van der Waals surface area contributed by atoms with Crippen molar-refractivity contribution in [2.45, 2.75) is 26.4 Å². The van der Waals surface area contributed by atoms with E-state index < -0.39 is 29.6 Å². The number of nitrogens with one attached hydrogen (secondary N) is 2. The van der Waals surface area contributed by atoms with E-state index in [1.807, 2.05) is 26.0 Å². The number of aryl methyl sites for hydroxylation is 2. The van der Waals surface area contributed by atoms with E-state index in [0.717, 1.165) is 11.1 Å². The minimum absolute atomic E-state index is 0.0253. The van der Waals surface area contributed by atoms with Gasteiger partial charge in [-0.3, -0.25) is 19.3 Å². The standard InChI is InChI=1S/C28H26FN3O4S/c1-18-11-12-23(19(2)15-18)32(25(33)17-31-27(34)24-10-6-14-37-24)26(21-8-3-4-9-22(21)29)28(35)30-16-20-7-5-13-36-20/h3-15,26H,16-17H2,1-2H3,(H,30,35)(H,31,34). The smallest absolute Gasteiger partial charge is 0.261 e. The molecular formula is C28H26FN3O4S. The number of carbonyl (C=O) groups excluding carboxylic acids is 3. The van der Waals surface area contributed by atoms with Crippen LogP contribution in [0.1, 0.15) is 38.2 Å². The second-order valence-corrected chi connectivity index (χ2v) is 9.38. The number of nitrogens with zero attached hydrogens (tertiary/aromatic N) is 1. The molecule has 2 N–H and O–H groups in total. The van der Waals surface area contributed by atoms with Gasteiger partial charge in [-0.1, -0.05) is 42.0 Å². The van der Waals surface area contributed by atoms with Crippen LogP contribution < -0.4 is 15.5 Å². The highest BCUT2D eigenvalue weighted by molar-refractivity contribution is 7.12. The SMILES string of the molecule is Cc1ccc(N(C(=O)CNC(=O)c2cccs2)C(C(=O)NCc2ccco2)c2ccccc2F)c(C)c1. The molecule has 4 aromatic rings. The summed E-state index contributed by atoms with van der Waals surface area (Å²) in [7, 11) is 0. The van der Waals surface area contributed by atoms with Crippen LogP contribution >= 0.6 is 11.3 Å². The second-order valence-electron chi connectivity index (χ2n) is 8.43. The molecule has 7 nitrogen and oxygen atoms in total. The van der Waals surface area contributed by atoms with Gasteiger partial charge in [0.25, 0.3) is 5.91 Å². The first-order chi connectivity index (χ1) is 17.8. The highest BCUT2D eigenvalue weighted by Gasteiger charge is 2.35. The van der Waals surface area contributed by atoms with E-state index in [2.05, 4.69) is 10.6 Å². The normalized spacial score (nSPS) is 11.5. The predicted molar refractivity (Wildman–Crippen MR) is 140 cm³/mol. The average Bonchev–Trinajstić information content (AvgIpc) is 3.60. The Bertz CT molecular complexity index is 1390. The minimum atomic E-state index is -1.34. The van der Waals surface area contributed by atoms with Gasteiger partial charge in [-0.15, -0.1) is 11.3 Å². The van der Waals surface area contributed by atoms with Crippen molar-refractivity contribution in [1.29, 1.82) is 0 Å². The number of halogens is 1. The Morgan fingerprint density at radius 1 is 1.00 bits per heavy atom. The highest BCUT2D eigenvalue weighted by Crippen LogP contribution is 2.32. The van der Waals surface area contributed by atoms with Gasteiger partial charge in [0.1, 0.15) is 17.6 Å². The van der Waals surface area contributed by atoms with E-state index in [1.165, 1.54) is 40.7 Å². The highest BCUT2D eigenvalue weighted by atomic mass is 32.1. The fourth-order valence-electron chi connectivity index (χ4n) is 4.01. The third-order valence-electron chi connectivity index (χ3n) is 5.75. The van der Waals surface area contributed by atoms with Crippen LogP contribution in [0.5, 0.6) is 0 Å². The van der Waals surface area contributed by atoms with Crippen molar-refractivity contribution in [2.24, 2.45) is 0 Å². The third kappa shape index (κ3) is 6.13. The van der Waals surface area contributed by atoms with Crippen molar-refractivity contribution in [3.8, 4) is 0 Å². The number of carbonyl (C=O) groups is 3. The summed E-state index contributed by atoms with van der Waals surface area (Å²) < 4.78 is 20.4. The maximum absolute atomic E-state index is 15.1. The van der Waals surface area contributed by atoms with Crippen LogP contribution in [0.2, 0.25) is 0 Å². The number of rotatable bonds is 9. The molecule has 0 saturated heterocycles. The molecule has 37 heavy (non-hydrogen) atoms. The van der Waals surface area contributed by atoms with Crippen LogP contribution in [0.15, 0.2) is 82.8 Å². The topological polar surface area (TPSA) is 91.7 Å². The summed E-state index contributed by atoms with van der Waals surface area (Å²) in [5, 5.41) is 7.14. The van der Waals surface area contributed by atoms with Gasteiger partial charge in [0, 0.05) is 11.3 Å². The van der Waals surface area contributed by atoms with Crippen molar-refractivity contribution < 1.29 is 23.2 Å². The molecule has 2 aromatic heterocycles. The molecule has 1 unspecified atom stereocenters. The quantitative estimate of drug-likeness (QED) is 0.329. The number of anilines is 1. The van der Waals surface area contributed by atoms with Crippen LogP contribution in [0.3, 0.4) is 0 Å². The molecule has 9 heteroatoms. The van der Waals surface area contributed by atoms with Gasteiger partial charge in [0.15, 0.2) is 0 Å². The zero-order chi connectivity index (χ0) is 26.4. The van der Waals surface area contributed by atoms with Crippen molar-refractivity contribution in [3.05, 3.63) is 112 Å².